The van der Waals surface area contributed by atoms with Gasteiger partial charge in [-0.2, -0.15) is 0 Å². The molecule has 0 aliphatic rings. The van der Waals surface area contributed by atoms with Crippen molar-refractivity contribution in [3.05, 3.63) is 76.1 Å². The van der Waals surface area contributed by atoms with Crippen LogP contribution in [0.5, 0.6) is 0 Å². The van der Waals surface area contributed by atoms with E-state index in [-0.39, 0.29) is 5.69 Å². The maximum atomic E-state index is 10.6. The molecule has 7 heteroatoms. The fraction of sp³-hybridized carbons (Fsp3) is 0.0625. The number of aromatic nitrogens is 3. The van der Waals surface area contributed by atoms with Gasteiger partial charge in [-0.25, -0.2) is 4.68 Å². The van der Waals surface area contributed by atoms with Crippen molar-refractivity contribution in [3.63, 3.8) is 0 Å². The van der Waals surface area contributed by atoms with Crippen LogP contribution >= 0.6 is 0 Å². The molecule has 2 aromatic carbocycles. The maximum Gasteiger partial charge on any atom is 0.269 e. The number of aliphatic imine (C=N–C) groups is 1. The van der Waals surface area contributed by atoms with Gasteiger partial charge in [0, 0.05) is 12.1 Å². The number of para-hydroxylation sites is 1. The lowest BCUT2D eigenvalue weighted by atomic mass is 10.3. The van der Waals surface area contributed by atoms with E-state index in [0.717, 1.165) is 11.4 Å². The van der Waals surface area contributed by atoms with E-state index < -0.39 is 4.92 Å². The molecule has 1 heterocycles. The Morgan fingerprint density at radius 3 is 2.48 bits per heavy atom. The van der Waals surface area contributed by atoms with E-state index in [1.165, 1.54) is 12.1 Å². The van der Waals surface area contributed by atoms with Crippen LogP contribution in [0.4, 0.5) is 11.4 Å². The second-order valence-electron chi connectivity index (χ2n) is 4.84. The quantitative estimate of drug-likeness (QED) is 0.420. The molecule has 0 unspecified atom stereocenters. The molecule has 0 radical (unpaired) electrons. The van der Waals surface area contributed by atoms with E-state index in [1.807, 2.05) is 37.3 Å². The van der Waals surface area contributed by atoms with Gasteiger partial charge in [0.05, 0.1) is 28.2 Å². The first-order chi connectivity index (χ1) is 11.1. The number of non-ortho nitro benzene ring substituents is 1. The van der Waals surface area contributed by atoms with E-state index in [4.69, 9.17) is 0 Å². The number of nitro benzene ring substituents is 1. The zero-order valence-electron chi connectivity index (χ0n) is 12.3. The van der Waals surface area contributed by atoms with Crippen molar-refractivity contribution >= 4 is 17.6 Å². The standard InChI is InChI=1S/C16H13N5O2/c1-12-16(18-19-20(12)14-5-3-2-4-6-14)11-17-13-7-9-15(10-8-13)21(22)23/h2-11H,1H3. The summed E-state index contributed by atoms with van der Waals surface area (Å²) in [5.74, 6) is 0. The molecule has 7 nitrogen and oxygen atoms in total. The zero-order valence-corrected chi connectivity index (χ0v) is 12.3. The van der Waals surface area contributed by atoms with Crippen LogP contribution in [0.15, 0.2) is 59.6 Å². The zero-order chi connectivity index (χ0) is 16.2. The van der Waals surface area contributed by atoms with Crippen molar-refractivity contribution in [3.8, 4) is 5.69 Å². The largest absolute Gasteiger partial charge is 0.269 e. The first-order valence-electron chi connectivity index (χ1n) is 6.91. The topological polar surface area (TPSA) is 86.2 Å². The van der Waals surface area contributed by atoms with Crippen LogP contribution < -0.4 is 0 Å². The van der Waals surface area contributed by atoms with Crippen LogP contribution in [-0.4, -0.2) is 26.1 Å². The van der Waals surface area contributed by atoms with E-state index in [1.54, 1.807) is 23.0 Å². The second-order valence-corrected chi connectivity index (χ2v) is 4.84. The molecule has 3 aromatic rings. The molecule has 114 valence electrons. The molecule has 0 atom stereocenters. The SMILES string of the molecule is Cc1c(C=Nc2ccc([N+](=O)[O-])cc2)nnn1-c1ccccc1. The Labute approximate surface area is 132 Å². The van der Waals surface area contributed by atoms with E-state index >= 15 is 0 Å². The number of nitro groups is 1. The Hall–Kier alpha value is -3.35. The number of benzene rings is 2. The molecule has 23 heavy (non-hydrogen) atoms. The first kappa shape index (κ1) is 14.6. The molecule has 3 rings (SSSR count). The molecule has 0 amide bonds. The van der Waals surface area contributed by atoms with Gasteiger partial charge >= 0.3 is 0 Å². The fourth-order valence-corrected chi connectivity index (χ4v) is 2.07. The fourth-order valence-electron chi connectivity index (χ4n) is 2.07. The summed E-state index contributed by atoms with van der Waals surface area (Å²) in [5.41, 5.74) is 3.08. The Balaban J connectivity index is 1.83. The van der Waals surface area contributed by atoms with Gasteiger partial charge < -0.3 is 0 Å². The summed E-state index contributed by atoms with van der Waals surface area (Å²) in [6, 6.07) is 15.7. The van der Waals surface area contributed by atoms with Crippen molar-refractivity contribution in [1.82, 2.24) is 15.0 Å². The highest BCUT2D eigenvalue weighted by Crippen LogP contribution is 2.18. The smallest absolute Gasteiger partial charge is 0.258 e. The van der Waals surface area contributed by atoms with E-state index in [2.05, 4.69) is 15.3 Å². The van der Waals surface area contributed by atoms with Crippen molar-refractivity contribution < 1.29 is 4.92 Å². The van der Waals surface area contributed by atoms with Crippen LogP contribution in [0.25, 0.3) is 5.69 Å². The van der Waals surface area contributed by atoms with Gasteiger partial charge in [-0.3, -0.25) is 15.1 Å². The minimum absolute atomic E-state index is 0.0372. The lowest BCUT2D eigenvalue weighted by molar-refractivity contribution is -0.384. The Bertz CT molecular complexity index is 854. The number of hydrogen-bond donors (Lipinski definition) is 0. The Kier molecular flexibility index (Phi) is 3.92. The summed E-state index contributed by atoms with van der Waals surface area (Å²) in [5, 5.41) is 18.8. The normalized spacial score (nSPS) is 11.0. The Morgan fingerprint density at radius 1 is 1.13 bits per heavy atom. The van der Waals surface area contributed by atoms with Crippen LogP contribution in [0, 0.1) is 17.0 Å². The lowest BCUT2D eigenvalue weighted by Gasteiger charge is -2.01. The van der Waals surface area contributed by atoms with Crippen LogP contribution in [0.2, 0.25) is 0 Å². The van der Waals surface area contributed by atoms with E-state index in [9.17, 15) is 10.1 Å². The third-order valence-corrected chi connectivity index (χ3v) is 3.33. The van der Waals surface area contributed by atoms with Crippen LogP contribution in [-0.2, 0) is 0 Å². The molecule has 0 spiro atoms. The van der Waals surface area contributed by atoms with Gasteiger partial charge in [-0.1, -0.05) is 23.4 Å². The predicted octanol–water partition coefficient (Wildman–Crippen LogP) is 3.23. The van der Waals surface area contributed by atoms with Crippen LogP contribution in [0.1, 0.15) is 11.4 Å². The highest BCUT2D eigenvalue weighted by atomic mass is 16.6. The average molecular weight is 307 g/mol. The second kappa shape index (κ2) is 6.18. The van der Waals surface area contributed by atoms with Gasteiger partial charge in [-0.15, -0.1) is 5.10 Å². The molecule has 0 saturated carbocycles. The minimum Gasteiger partial charge on any atom is -0.258 e. The summed E-state index contributed by atoms with van der Waals surface area (Å²) in [6.45, 7) is 1.91. The molecular weight excluding hydrogens is 294 g/mol. The summed E-state index contributed by atoms with van der Waals surface area (Å²) in [6.07, 6.45) is 1.60. The number of nitrogens with zero attached hydrogens (tertiary/aromatic N) is 5. The minimum atomic E-state index is -0.441. The molecule has 0 aliphatic carbocycles. The third kappa shape index (κ3) is 3.13. The van der Waals surface area contributed by atoms with Crippen molar-refractivity contribution in [2.24, 2.45) is 4.99 Å². The molecule has 0 bridgehead atoms. The lowest BCUT2D eigenvalue weighted by Crippen LogP contribution is -1.98. The van der Waals surface area contributed by atoms with Crippen molar-refractivity contribution in [1.29, 1.82) is 0 Å². The summed E-state index contributed by atoms with van der Waals surface area (Å²) >= 11 is 0. The predicted molar refractivity (Wildman–Crippen MR) is 86.4 cm³/mol. The number of rotatable bonds is 4. The Morgan fingerprint density at radius 2 is 1.83 bits per heavy atom. The molecular formula is C16H13N5O2. The summed E-state index contributed by atoms with van der Waals surface area (Å²) < 4.78 is 1.73. The molecule has 0 saturated heterocycles. The van der Waals surface area contributed by atoms with E-state index in [0.29, 0.717) is 11.4 Å². The van der Waals surface area contributed by atoms with Gasteiger partial charge in [0.2, 0.25) is 0 Å². The molecule has 0 aliphatic heterocycles. The third-order valence-electron chi connectivity index (χ3n) is 3.33. The first-order valence-corrected chi connectivity index (χ1v) is 6.91. The number of hydrogen-bond acceptors (Lipinski definition) is 5. The van der Waals surface area contributed by atoms with Gasteiger partial charge in [0.25, 0.3) is 5.69 Å². The van der Waals surface area contributed by atoms with Crippen LogP contribution in [0.3, 0.4) is 0 Å². The monoisotopic (exact) mass is 307 g/mol. The van der Waals surface area contributed by atoms with Crippen molar-refractivity contribution in [2.45, 2.75) is 6.92 Å². The highest BCUT2D eigenvalue weighted by Gasteiger charge is 2.08. The highest BCUT2D eigenvalue weighted by molar-refractivity contribution is 5.80. The summed E-state index contributed by atoms with van der Waals surface area (Å²) in [4.78, 5) is 14.5. The van der Waals surface area contributed by atoms with Crippen molar-refractivity contribution in [2.75, 3.05) is 0 Å². The average Bonchev–Trinajstić information content (AvgIpc) is 2.95. The van der Waals surface area contributed by atoms with Gasteiger partial charge in [0.1, 0.15) is 5.69 Å². The maximum absolute atomic E-state index is 10.6. The van der Waals surface area contributed by atoms with Gasteiger partial charge in [-0.05, 0) is 31.2 Å². The van der Waals surface area contributed by atoms with Gasteiger partial charge in [0.15, 0.2) is 0 Å². The molecule has 1 aromatic heterocycles. The summed E-state index contributed by atoms with van der Waals surface area (Å²) in [7, 11) is 0. The molecule has 0 fully saturated rings. The molecule has 0 N–H and O–H groups in total.